The summed E-state index contributed by atoms with van der Waals surface area (Å²) in [7, 11) is 1.99. The number of rotatable bonds is 7. The smallest absolute Gasteiger partial charge is 0.0641 e. The van der Waals surface area contributed by atoms with Gasteiger partial charge in [-0.3, -0.25) is 4.68 Å². The second kappa shape index (κ2) is 7.79. The monoisotopic (exact) mass is 279 g/mol. The van der Waals surface area contributed by atoms with E-state index in [1.54, 1.807) is 0 Å². The molecular weight excluding hydrogens is 250 g/mol. The van der Waals surface area contributed by atoms with E-state index >= 15 is 0 Å². The van der Waals surface area contributed by atoms with Crippen LogP contribution in [0.2, 0.25) is 0 Å². The SMILES string of the molecule is CNC(COC(C)C)Cc1ccn(C2CCCCC2)n1. The number of hydrogen-bond donors (Lipinski definition) is 1. The summed E-state index contributed by atoms with van der Waals surface area (Å²) < 4.78 is 7.88. The van der Waals surface area contributed by atoms with Gasteiger partial charge in [-0.1, -0.05) is 19.3 Å². The zero-order chi connectivity index (χ0) is 14.4. The fraction of sp³-hybridized carbons (Fsp3) is 0.812. The van der Waals surface area contributed by atoms with Crippen molar-refractivity contribution in [2.75, 3.05) is 13.7 Å². The Morgan fingerprint density at radius 2 is 2.10 bits per heavy atom. The van der Waals surface area contributed by atoms with Gasteiger partial charge in [0.15, 0.2) is 0 Å². The summed E-state index contributed by atoms with van der Waals surface area (Å²) in [5.74, 6) is 0. The minimum absolute atomic E-state index is 0.283. The van der Waals surface area contributed by atoms with Crippen molar-refractivity contribution >= 4 is 0 Å². The Labute approximate surface area is 122 Å². The van der Waals surface area contributed by atoms with Gasteiger partial charge < -0.3 is 10.1 Å². The molecule has 0 aromatic carbocycles. The van der Waals surface area contributed by atoms with Crippen molar-refractivity contribution in [3.8, 4) is 0 Å². The number of nitrogens with zero attached hydrogens (tertiary/aromatic N) is 2. The van der Waals surface area contributed by atoms with Crippen LogP contribution in [-0.2, 0) is 11.2 Å². The molecule has 1 fully saturated rings. The third-order valence-electron chi connectivity index (χ3n) is 4.11. The zero-order valence-electron chi connectivity index (χ0n) is 13.1. The average molecular weight is 279 g/mol. The molecule has 1 saturated carbocycles. The summed E-state index contributed by atoms with van der Waals surface area (Å²) >= 11 is 0. The second-order valence-electron chi connectivity index (χ2n) is 6.15. The molecule has 1 aromatic rings. The molecule has 1 aliphatic rings. The minimum Gasteiger partial charge on any atom is -0.377 e. The number of hydrogen-bond acceptors (Lipinski definition) is 3. The Kier molecular flexibility index (Phi) is 6.05. The van der Waals surface area contributed by atoms with Crippen molar-refractivity contribution < 1.29 is 4.74 Å². The van der Waals surface area contributed by atoms with Gasteiger partial charge in [0.25, 0.3) is 0 Å². The number of aromatic nitrogens is 2. The van der Waals surface area contributed by atoms with Crippen LogP contribution >= 0.6 is 0 Å². The molecule has 0 aliphatic heterocycles. The molecule has 0 spiro atoms. The van der Waals surface area contributed by atoms with Crippen LogP contribution in [0.4, 0.5) is 0 Å². The highest BCUT2D eigenvalue weighted by molar-refractivity contribution is 5.02. The molecule has 0 bridgehead atoms. The first kappa shape index (κ1) is 15.5. The van der Waals surface area contributed by atoms with Crippen LogP contribution in [0.5, 0.6) is 0 Å². The van der Waals surface area contributed by atoms with Crippen molar-refractivity contribution in [3.05, 3.63) is 18.0 Å². The lowest BCUT2D eigenvalue weighted by atomic mass is 9.96. The second-order valence-corrected chi connectivity index (χ2v) is 6.15. The molecule has 1 N–H and O–H groups in total. The Morgan fingerprint density at radius 1 is 1.35 bits per heavy atom. The number of nitrogens with one attached hydrogen (secondary N) is 1. The lowest BCUT2D eigenvalue weighted by Gasteiger charge is -2.22. The molecule has 114 valence electrons. The average Bonchev–Trinajstić information content (AvgIpc) is 2.92. The minimum atomic E-state index is 0.283. The first-order valence-corrected chi connectivity index (χ1v) is 8.02. The zero-order valence-corrected chi connectivity index (χ0v) is 13.1. The van der Waals surface area contributed by atoms with Crippen LogP contribution in [0.15, 0.2) is 12.3 Å². The molecule has 1 unspecified atom stereocenters. The molecule has 20 heavy (non-hydrogen) atoms. The van der Waals surface area contributed by atoms with Gasteiger partial charge in [0.05, 0.1) is 24.4 Å². The van der Waals surface area contributed by atoms with Crippen LogP contribution in [-0.4, -0.2) is 35.6 Å². The lowest BCUT2D eigenvalue weighted by Crippen LogP contribution is -2.33. The molecular formula is C16H29N3O. The van der Waals surface area contributed by atoms with Gasteiger partial charge >= 0.3 is 0 Å². The quantitative estimate of drug-likeness (QED) is 0.834. The topological polar surface area (TPSA) is 39.1 Å². The maximum Gasteiger partial charge on any atom is 0.0641 e. The molecule has 4 nitrogen and oxygen atoms in total. The summed E-state index contributed by atoms with van der Waals surface area (Å²) in [5, 5.41) is 8.09. The molecule has 1 heterocycles. The highest BCUT2D eigenvalue weighted by Crippen LogP contribution is 2.27. The van der Waals surface area contributed by atoms with E-state index in [1.165, 1.54) is 37.8 Å². The van der Waals surface area contributed by atoms with Crippen molar-refractivity contribution in [1.82, 2.24) is 15.1 Å². The molecule has 0 radical (unpaired) electrons. The van der Waals surface area contributed by atoms with Crippen LogP contribution in [0, 0.1) is 0 Å². The molecule has 0 amide bonds. The van der Waals surface area contributed by atoms with Gasteiger partial charge in [0, 0.05) is 18.7 Å². The van der Waals surface area contributed by atoms with Gasteiger partial charge in [-0.2, -0.15) is 5.10 Å². The van der Waals surface area contributed by atoms with Crippen LogP contribution < -0.4 is 5.32 Å². The Bertz CT molecular complexity index is 383. The van der Waals surface area contributed by atoms with E-state index in [-0.39, 0.29) is 6.10 Å². The predicted molar refractivity (Wildman–Crippen MR) is 82.0 cm³/mol. The standard InChI is InChI=1S/C16H29N3O/c1-13(2)20-12-15(17-3)11-14-9-10-19(18-14)16-7-5-4-6-8-16/h9-10,13,15-17H,4-8,11-12H2,1-3H3. The summed E-state index contributed by atoms with van der Waals surface area (Å²) in [6.45, 7) is 4.89. The molecule has 4 heteroatoms. The lowest BCUT2D eigenvalue weighted by molar-refractivity contribution is 0.0625. The van der Waals surface area contributed by atoms with E-state index in [9.17, 15) is 0 Å². The third-order valence-corrected chi connectivity index (χ3v) is 4.11. The number of ether oxygens (including phenoxy) is 1. The fourth-order valence-electron chi connectivity index (χ4n) is 2.84. The van der Waals surface area contributed by atoms with Crippen LogP contribution in [0.3, 0.4) is 0 Å². The maximum atomic E-state index is 5.69. The van der Waals surface area contributed by atoms with E-state index in [0.717, 1.165) is 13.0 Å². The van der Waals surface area contributed by atoms with Crippen LogP contribution in [0.1, 0.15) is 57.7 Å². The van der Waals surface area contributed by atoms with Crippen molar-refractivity contribution in [3.63, 3.8) is 0 Å². The van der Waals surface area contributed by atoms with Gasteiger partial charge in [0.1, 0.15) is 0 Å². The molecule has 1 aliphatic carbocycles. The number of likely N-dealkylation sites (N-methyl/N-ethyl adjacent to an activating group) is 1. The van der Waals surface area contributed by atoms with Gasteiger partial charge in [0.2, 0.25) is 0 Å². The Balaban J connectivity index is 1.87. The van der Waals surface area contributed by atoms with Crippen molar-refractivity contribution in [2.45, 2.75) is 70.6 Å². The first-order chi connectivity index (χ1) is 9.69. The fourth-order valence-corrected chi connectivity index (χ4v) is 2.84. The van der Waals surface area contributed by atoms with Crippen molar-refractivity contribution in [1.29, 1.82) is 0 Å². The normalized spacial score (nSPS) is 18.6. The van der Waals surface area contributed by atoms with E-state index in [4.69, 9.17) is 9.84 Å². The third kappa shape index (κ3) is 4.60. The summed E-state index contributed by atoms with van der Waals surface area (Å²) in [6.07, 6.45) is 10.0. The highest BCUT2D eigenvalue weighted by atomic mass is 16.5. The molecule has 1 atom stereocenters. The van der Waals surface area contributed by atoms with Crippen molar-refractivity contribution in [2.24, 2.45) is 0 Å². The van der Waals surface area contributed by atoms with Gasteiger partial charge in [-0.05, 0) is 39.8 Å². The summed E-state index contributed by atoms with van der Waals surface area (Å²) in [4.78, 5) is 0. The summed E-state index contributed by atoms with van der Waals surface area (Å²) in [6, 6.07) is 3.12. The van der Waals surface area contributed by atoms with E-state index in [2.05, 4.69) is 36.1 Å². The van der Waals surface area contributed by atoms with E-state index < -0.39 is 0 Å². The maximum absolute atomic E-state index is 5.69. The molecule has 1 aromatic heterocycles. The van der Waals surface area contributed by atoms with Gasteiger partial charge in [-0.15, -0.1) is 0 Å². The highest BCUT2D eigenvalue weighted by Gasteiger charge is 2.17. The van der Waals surface area contributed by atoms with E-state index in [0.29, 0.717) is 12.1 Å². The summed E-state index contributed by atoms with van der Waals surface area (Å²) in [5.41, 5.74) is 1.17. The largest absolute Gasteiger partial charge is 0.377 e. The van der Waals surface area contributed by atoms with Crippen LogP contribution in [0.25, 0.3) is 0 Å². The predicted octanol–water partition coefficient (Wildman–Crippen LogP) is 2.94. The Morgan fingerprint density at radius 3 is 2.75 bits per heavy atom. The van der Waals surface area contributed by atoms with E-state index in [1.807, 2.05) is 7.05 Å². The first-order valence-electron chi connectivity index (χ1n) is 8.02. The Hall–Kier alpha value is -0.870. The molecule has 0 saturated heterocycles. The molecule has 2 rings (SSSR count). The van der Waals surface area contributed by atoms with Gasteiger partial charge in [-0.25, -0.2) is 0 Å².